The summed E-state index contributed by atoms with van der Waals surface area (Å²) < 4.78 is 7.13. The van der Waals surface area contributed by atoms with Crippen LogP contribution in [0.3, 0.4) is 0 Å². The van der Waals surface area contributed by atoms with Gasteiger partial charge >= 0.3 is 0 Å². The molecule has 29 heavy (non-hydrogen) atoms. The average Bonchev–Trinajstić information content (AvgIpc) is 3.24. The molecule has 1 aliphatic heterocycles. The first-order valence-corrected chi connectivity index (χ1v) is 9.71. The highest BCUT2D eigenvalue weighted by molar-refractivity contribution is 5.79. The molecule has 0 unspecified atom stereocenters. The standard InChI is InChI=1S/C20H25N7O2/c1-13-15(3)27(12-23-13)19-10-18(21-11-22-19)25-5-7-26(8-6-25)20(28)9-17-14(2)24-29-16(17)4/h10-12H,5-9H2,1-4H3. The van der Waals surface area contributed by atoms with Gasteiger partial charge in [-0.1, -0.05) is 5.16 Å². The van der Waals surface area contributed by atoms with Crippen molar-refractivity contribution in [3.63, 3.8) is 0 Å². The normalized spacial score (nSPS) is 14.5. The van der Waals surface area contributed by atoms with Gasteiger partial charge in [0.2, 0.25) is 5.91 Å². The van der Waals surface area contributed by atoms with Gasteiger partial charge in [0.15, 0.2) is 0 Å². The number of rotatable bonds is 4. The van der Waals surface area contributed by atoms with Crippen LogP contribution in [0.15, 0.2) is 23.2 Å². The summed E-state index contributed by atoms with van der Waals surface area (Å²) in [7, 11) is 0. The third-order valence-electron chi connectivity index (χ3n) is 5.60. The lowest BCUT2D eigenvalue weighted by atomic mass is 10.1. The van der Waals surface area contributed by atoms with E-state index in [1.807, 2.05) is 43.2 Å². The molecule has 0 aliphatic carbocycles. The van der Waals surface area contributed by atoms with Gasteiger partial charge in [0, 0.05) is 43.5 Å². The molecule has 1 fully saturated rings. The molecule has 0 aromatic carbocycles. The van der Waals surface area contributed by atoms with E-state index in [2.05, 4.69) is 25.0 Å². The first-order chi connectivity index (χ1) is 13.9. The molecule has 4 rings (SSSR count). The van der Waals surface area contributed by atoms with Gasteiger partial charge in [0.25, 0.3) is 0 Å². The summed E-state index contributed by atoms with van der Waals surface area (Å²) in [5.74, 6) is 2.48. The van der Waals surface area contributed by atoms with Crippen molar-refractivity contribution in [2.24, 2.45) is 0 Å². The van der Waals surface area contributed by atoms with E-state index in [1.54, 1.807) is 12.7 Å². The van der Waals surface area contributed by atoms with Crippen LogP contribution in [0.5, 0.6) is 0 Å². The highest BCUT2D eigenvalue weighted by Crippen LogP contribution is 2.19. The highest BCUT2D eigenvalue weighted by Gasteiger charge is 2.24. The molecule has 3 aromatic rings. The van der Waals surface area contributed by atoms with Crippen LogP contribution >= 0.6 is 0 Å². The molecule has 1 saturated heterocycles. The van der Waals surface area contributed by atoms with E-state index in [9.17, 15) is 4.79 Å². The minimum atomic E-state index is 0.104. The molecule has 152 valence electrons. The van der Waals surface area contributed by atoms with Crippen LogP contribution in [0.2, 0.25) is 0 Å². The molecule has 4 heterocycles. The lowest BCUT2D eigenvalue weighted by molar-refractivity contribution is -0.130. The summed E-state index contributed by atoms with van der Waals surface area (Å²) >= 11 is 0. The highest BCUT2D eigenvalue weighted by atomic mass is 16.5. The Balaban J connectivity index is 1.41. The molecule has 0 saturated carbocycles. The van der Waals surface area contributed by atoms with E-state index in [-0.39, 0.29) is 5.91 Å². The van der Waals surface area contributed by atoms with Crippen LogP contribution in [0, 0.1) is 27.7 Å². The first-order valence-electron chi connectivity index (χ1n) is 9.71. The second-order valence-electron chi connectivity index (χ2n) is 7.37. The third kappa shape index (κ3) is 3.72. The zero-order valence-electron chi connectivity index (χ0n) is 17.2. The van der Waals surface area contributed by atoms with Crippen molar-refractivity contribution < 1.29 is 9.32 Å². The second kappa shape index (κ2) is 7.65. The van der Waals surface area contributed by atoms with Gasteiger partial charge in [-0.25, -0.2) is 15.0 Å². The Labute approximate surface area is 169 Å². The van der Waals surface area contributed by atoms with Crippen molar-refractivity contribution in [2.75, 3.05) is 31.1 Å². The van der Waals surface area contributed by atoms with Crippen LogP contribution in [-0.4, -0.2) is 61.7 Å². The van der Waals surface area contributed by atoms with E-state index in [0.717, 1.165) is 47.4 Å². The zero-order valence-corrected chi connectivity index (χ0v) is 17.2. The molecular weight excluding hydrogens is 370 g/mol. The van der Waals surface area contributed by atoms with Crippen LogP contribution in [0.4, 0.5) is 5.82 Å². The number of piperazine rings is 1. The van der Waals surface area contributed by atoms with Crippen molar-refractivity contribution in [2.45, 2.75) is 34.1 Å². The van der Waals surface area contributed by atoms with Crippen molar-refractivity contribution in [3.8, 4) is 5.82 Å². The molecule has 1 amide bonds. The van der Waals surface area contributed by atoms with Crippen molar-refractivity contribution in [1.29, 1.82) is 0 Å². The minimum absolute atomic E-state index is 0.104. The van der Waals surface area contributed by atoms with E-state index in [1.165, 1.54) is 0 Å². The largest absolute Gasteiger partial charge is 0.361 e. The van der Waals surface area contributed by atoms with Crippen molar-refractivity contribution in [1.82, 2.24) is 29.6 Å². The monoisotopic (exact) mass is 395 g/mol. The number of carbonyl (C=O) groups excluding carboxylic acids is 1. The van der Waals surface area contributed by atoms with E-state index in [4.69, 9.17) is 4.52 Å². The van der Waals surface area contributed by atoms with Crippen LogP contribution in [0.1, 0.15) is 28.4 Å². The van der Waals surface area contributed by atoms with Gasteiger partial charge < -0.3 is 14.3 Å². The van der Waals surface area contributed by atoms with E-state index >= 15 is 0 Å². The number of amides is 1. The summed E-state index contributed by atoms with van der Waals surface area (Å²) in [6.07, 6.45) is 3.69. The Kier molecular flexibility index (Phi) is 5.04. The maximum atomic E-state index is 12.7. The summed E-state index contributed by atoms with van der Waals surface area (Å²) in [5, 5.41) is 3.93. The SMILES string of the molecule is Cc1noc(C)c1CC(=O)N1CCN(c2cc(-n3cnc(C)c3C)ncn2)CC1. The predicted molar refractivity (Wildman–Crippen MR) is 107 cm³/mol. The molecule has 0 bridgehead atoms. The minimum Gasteiger partial charge on any atom is -0.361 e. The fourth-order valence-corrected chi connectivity index (χ4v) is 3.57. The molecule has 0 spiro atoms. The number of aryl methyl sites for hydroxylation is 3. The summed E-state index contributed by atoms with van der Waals surface area (Å²) in [6.45, 7) is 10.5. The fraction of sp³-hybridized carbons (Fsp3) is 0.450. The van der Waals surface area contributed by atoms with Crippen molar-refractivity contribution >= 4 is 11.7 Å². The molecule has 9 nitrogen and oxygen atoms in total. The van der Waals surface area contributed by atoms with E-state index in [0.29, 0.717) is 25.3 Å². The molecule has 3 aromatic heterocycles. The summed E-state index contributed by atoms with van der Waals surface area (Å²) in [4.78, 5) is 29.9. The van der Waals surface area contributed by atoms with Crippen LogP contribution < -0.4 is 4.90 Å². The van der Waals surface area contributed by atoms with Gasteiger partial charge in [0.05, 0.1) is 17.8 Å². The van der Waals surface area contributed by atoms with Gasteiger partial charge in [-0.15, -0.1) is 0 Å². The van der Waals surface area contributed by atoms with Gasteiger partial charge in [-0.05, 0) is 27.7 Å². The van der Waals surface area contributed by atoms with Gasteiger partial charge in [-0.2, -0.15) is 0 Å². The predicted octanol–water partition coefficient (Wildman–Crippen LogP) is 1.78. The molecule has 0 atom stereocenters. The molecule has 0 radical (unpaired) electrons. The summed E-state index contributed by atoms with van der Waals surface area (Å²) in [6, 6.07) is 1.97. The lowest BCUT2D eigenvalue weighted by Gasteiger charge is -2.35. The quantitative estimate of drug-likeness (QED) is 0.665. The Morgan fingerprint density at radius 2 is 1.72 bits per heavy atom. The van der Waals surface area contributed by atoms with Crippen LogP contribution in [0.25, 0.3) is 5.82 Å². The number of carbonyl (C=O) groups is 1. The smallest absolute Gasteiger partial charge is 0.227 e. The van der Waals surface area contributed by atoms with Crippen molar-refractivity contribution in [3.05, 3.63) is 47.1 Å². The second-order valence-corrected chi connectivity index (χ2v) is 7.37. The fourth-order valence-electron chi connectivity index (χ4n) is 3.57. The molecule has 0 N–H and O–H groups in total. The zero-order chi connectivity index (χ0) is 20.5. The third-order valence-corrected chi connectivity index (χ3v) is 5.60. The Bertz CT molecular complexity index is 1010. The number of imidazole rings is 1. The van der Waals surface area contributed by atoms with Gasteiger partial charge in [-0.3, -0.25) is 9.36 Å². The van der Waals surface area contributed by atoms with Gasteiger partial charge in [0.1, 0.15) is 30.1 Å². The molecular formula is C20H25N7O2. The topological polar surface area (TPSA) is 93.2 Å². The number of anilines is 1. The Hall–Kier alpha value is -3.23. The Morgan fingerprint density at radius 3 is 2.34 bits per heavy atom. The lowest BCUT2D eigenvalue weighted by Crippen LogP contribution is -2.49. The maximum Gasteiger partial charge on any atom is 0.227 e. The van der Waals surface area contributed by atoms with Crippen LogP contribution in [-0.2, 0) is 11.2 Å². The molecule has 9 heteroatoms. The maximum absolute atomic E-state index is 12.7. The number of aromatic nitrogens is 5. The number of hydrogen-bond acceptors (Lipinski definition) is 7. The number of hydrogen-bond donors (Lipinski definition) is 0. The number of nitrogens with zero attached hydrogens (tertiary/aromatic N) is 7. The van der Waals surface area contributed by atoms with E-state index < -0.39 is 0 Å². The molecule has 1 aliphatic rings. The summed E-state index contributed by atoms with van der Waals surface area (Å²) in [5.41, 5.74) is 3.72. The Morgan fingerprint density at radius 1 is 1.00 bits per heavy atom. The average molecular weight is 395 g/mol. The first kappa shape index (κ1) is 19.1.